The van der Waals surface area contributed by atoms with Crippen molar-refractivity contribution in [2.24, 2.45) is 0 Å². The molecule has 130 valence electrons. The maximum Gasteiger partial charge on any atom is 0.143 e. The van der Waals surface area contributed by atoms with E-state index in [4.69, 9.17) is 10.00 Å². The van der Waals surface area contributed by atoms with Gasteiger partial charge in [-0.3, -0.25) is 0 Å². The second-order valence-corrected chi connectivity index (χ2v) is 6.24. The van der Waals surface area contributed by atoms with Crippen LogP contribution in [-0.4, -0.2) is 6.61 Å². The Kier molecular flexibility index (Phi) is 6.19. The molecule has 0 fully saturated rings. The fraction of sp³-hybridized carbons (Fsp3) is 0.208. The van der Waals surface area contributed by atoms with Gasteiger partial charge in [-0.1, -0.05) is 91.0 Å². The molecule has 0 saturated carbocycles. The molecule has 2 nitrogen and oxygen atoms in total. The van der Waals surface area contributed by atoms with Crippen LogP contribution in [0.5, 0.6) is 0 Å². The van der Waals surface area contributed by atoms with Crippen molar-refractivity contribution in [1.82, 2.24) is 0 Å². The SMILES string of the molecule is N#CCCCCOC(c1ccccc1)(c1ccccc1)c1ccccc1. The molecule has 0 aliphatic heterocycles. The second kappa shape index (κ2) is 8.99. The van der Waals surface area contributed by atoms with Gasteiger partial charge in [-0.2, -0.15) is 5.26 Å². The molecule has 0 bridgehead atoms. The Balaban J connectivity index is 2.07. The van der Waals surface area contributed by atoms with Gasteiger partial charge in [0, 0.05) is 13.0 Å². The van der Waals surface area contributed by atoms with Gasteiger partial charge in [0.25, 0.3) is 0 Å². The van der Waals surface area contributed by atoms with E-state index in [9.17, 15) is 0 Å². The Bertz CT molecular complexity index is 726. The van der Waals surface area contributed by atoms with Gasteiger partial charge < -0.3 is 4.74 Å². The zero-order chi connectivity index (χ0) is 18.1. The lowest BCUT2D eigenvalue weighted by Crippen LogP contribution is -2.33. The number of hydrogen-bond acceptors (Lipinski definition) is 2. The summed E-state index contributed by atoms with van der Waals surface area (Å²) in [4.78, 5) is 0. The summed E-state index contributed by atoms with van der Waals surface area (Å²) in [6, 6.07) is 33.3. The topological polar surface area (TPSA) is 33.0 Å². The minimum atomic E-state index is -0.656. The van der Waals surface area contributed by atoms with Gasteiger partial charge in [0.15, 0.2) is 0 Å². The van der Waals surface area contributed by atoms with Crippen LogP contribution in [0.4, 0.5) is 0 Å². The molecule has 3 rings (SSSR count). The van der Waals surface area contributed by atoms with E-state index in [1.807, 2.05) is 18.2 Å². The van der Waals surface area contributed by atoms with Crippen molar-refractivity contribution in [3.05, 3.63) is 108 Å². The van der Waals surface area contributed by atoms with Crippen LogP contribution < -0.4 is 0 Å². The average molecular weight is 341 g/mol. The maximum absolute atomic E-state index is 8.77. The predicted molar refractivity (Wildman–Crippen MR) is 105 cm³/mol. The number of ether oxygens (including phenoxy) is 1. The molecule has 0 amide bonds. The standard InChI is InChI=1S/C24H23NO/c25-19-11-4-12-20-26-24(21-13-5-1-6-14-21,22-15-7-2-8-16-22)23-17-9-3-10-18-23/h1-3,5-10,13-18H,4,11-12,20H2. The molecular formula is C24H23NO. The molecular weight excluding hydrogens is 318 g/mol. The molecule has 3 aromatic rings. The Morgan fingerprint density at radius 2 is 1.08 bits per heavy atom. The summed E-state index contributed by atoms with van der Waals surface area (Å²) in [7, 11) is 0. The van der Waals surface area contributed by atoms with Gasteiger partial charge >= 0.3 is 0 Å². The molecule has 26 heavy (non-hydrogen) atoms. The summed E-state index contributed by atoms with van der Waals surface area (Å²) in [5.41, 5.74) is 2.67. The second-order valence-electron chi connectivity index (χ2n) is 6.24. The molecule has 0 N–H and O–H groups in total. The first-order valence-corrected chi connectivity index (χ1v) is 9.05. The summed E-state index contributed by atoms with van der Waals surface area (Å²) < 4.78 is 6.63. The van der Waals surface area contributed by atoms with Gasteiger partial charge in [-0.15, -0.1) is 0 Å². The maximum atomic E-state index is 8.77. The van der Waals surface area contributed by atoms with Gasteiger partial charge in [0.2, 0.25) is 0 Å². The Morgan fingerprint density at radius 3 is 1.46 bits per heavy atom. The first kappa shape index (κ1) is 17.9. The van der Waals surface area contributed by atoms with E-state index in [2.05, 4.69) is 78.9 Å². The molecule has 0 spiro atoms. The molecule has 0 aromatic heterocycles. The fourth-order valence-electron chi connectivity index (χ4n) is 3.30. The lowest BCUT2D eigenvalue weighted by molar-refractivity contribution is 0.0110. The smallest absolute Gasteiger partial charge is 0.143 e. The van der Waals surface area contributed by atoms with Crippen molar-refractivity contribution in [2.45, 2.75) is 24.9 Å². The van der Waals surface area contributed by atoms with E-state index >= 15 is 0 Å². The summed E-state index contributed by atoms with van der Waals surface area (Å²) in [5, 5.41) is 8.77. The number of hydrogen-bond donors (Lipinski definition) is 0. The monoisotopic (exact) mass is 341 g/mol. The van der Waals surface area contributed by atoms with Gasteiger partial charge in [-0.05, 0) is 29.5 Å². The normalized spacial score (nSPS) is 11.0. The van der Waals surface area contributed by atoms with Crippen LogP contribution in [0.2, 0.25) is 0 Å². The molecule has 0 saturated heterocycles. The van der Waals surface area contributed by atoms with E-state index in [0.717, 1.165) is 29.5 Å². The highest BCUT2D eigenvalue weighted by Crippen LogP contribution is 2.40. The van der Waals surface area contributed by atoms with Crippen LogP contribution in [-0.2, 0) is 10.3 Å². The zero-order valence-corrected chi connectivity index (χ0v) is 14.8. The van der Waals surface area contributed by atoms with Crippen LogP contribution in [0.25, 0.3) is 0 Å². The van der Waals surface area contributed by atoms with Crippen LogP contribution in [0.1, 0.15) is 36.0 Å². The van der Waals surface area contributed by atoms with E-state index in [1.165, 1.54) is 0 Å². The highest BCUT2D eigenvalue weighted by molar-refractivity contribution is 5.47. The third-order valence-corrected chi connectivity index (χ3v) is 4.54. The molecule has 0 aliphatic carbocycles. The minimum absolute atomic E-state index is 0.568. The summed E-state index contributed by atoms with van der Waals surface area (Å²) in [6.07, 6.45) is 2.28. The lowest BCUT2D eigenvalue weighted by Gasteiger charge is -2.36. The first-order chi connectivity index (χ1) is 12.9. The number of nitrogens with zero attached hydrogens (tertiary/aromatic N) is 1. The number of unbranched alkanes of at least 4 members (excludes halogenated alkanes) is 2. The third-order valence-electron chi connectivity index (χ3n) is 4.54. The van der Waals surface area contributed by atoms with E-state index < -0.39 is 5.60 Å². The number of nitriles is 1. The molecule has 0 unspecified atom stereocenters. The molecule has 2 heteroatoms. The lowest BCUT2D eigenvalue weighted by atomic mass is 9.80. The molecule has 0 heterocycles. The fourth-order valence-corrected chi connectivity index (χ4v) is 3.30. The number of rotatable bonds is 8. The Hall–Kier alpha value is -2.89. The van der Waals surface area contributed by atoms with Crippen molar-refractivity contribution >= 4 is 0 Å². The van der Waals surface area contributed by atoms with E-state index in [-0.39, 0.29) is 0 Å². The van der Waals surface area contributed by atoms with Crippen molar-refractivity contribution in [3.63, 3.8) is 0 Å². The molecule has 3 aromatic carbocycles. The largest absolute Gasteiger partial charge is 0.361 e. The summed E-state index contributed by atoms with van der Waals surface area (Å²) in [5.74, 6) is 0. The van der Waals surface area contributed by atoms with Crippen molar-refractivity contribution in [3.8, 4) is 6.07 Å². The van der Waals surface area contributed by atoms with Crippen LogP contribution in [0, 0.1) is 11.3 Å². The molecule has 0 atom stereocenters. The van der Waals surface area contributed by atoms with Crippen molar-refractivity contribution in [2.75, 3.05) is 6.61 Å². The predicted octanol–water partition coefficient (Wildman–Crippen LogP) is 5.69. The zero-order valence-electron chi connectivity index (χ0n) is 14.8. The van der Waals surface area contributed by atoms with Gasteiger partial charge in [0.05, 0.1) is 6.07 Å². The minimum Gasteiger partial charge on any atom is -0.361 e. The van der Waals surface area contributed by atoms with Gasteiger partial charge in [0.1, 0.15) is 5.60 Å². The quantitative estimate of drug-likeness (QED) is 0.389. The number of benzene rings is 3. The van der Waals surface area contributed by atoms with E-state index in [1.54, 1.807) is 0 Å². The first-order valence-electron chi connectivity index (χ1n) is 9.05. The van der Waals surface area contributed by atoms with Crippen molar-refractivity contribution in [1.29, 1.82) is 5.26 Å². The Labute approximate surface area is 155 Å². The van der Waals surface area contributed by atoms with Crippen LogP contribution in [0.3, 0.4) is 0 Å². The third kappa shape index (κ3) is 3.85. The Morgan fingerprint density at radius 1 is 0.654 bits per heavy atom. The van der Waals surface area contributed by atoms with Crippen LogP contribution >= 0.6 is 0 Å². The summed E-state index contributed by atoms with van der Waals surface area (Å²) in [6.45, 7) is 0.598. The molecule has 0 radical (unpaired) electrons. The van der Waals surface area contributed by atoms with Crippen molar-refractivity contribution < 1.29 is 4.74 Å². The average Bonchev–Trinajstić information content (AvgIpc) is 2.73. The highest BCUT2D eigenvalue weighted by atomic mass is 16.5. The molecule has 0 aliphatic rings. The van der Waals surface area contributed by atoms with Gasteiger partial charge in [-0.25, -0.2) is 0 Å². The van der Waals surface area contributed by atoms with Crippen LogP contribution in [0.15, 0.2) is 91.0 Å². The summed E-state index contributed by atoms with van der Waals surface area (Å²) >= 11 is 0. The van der Waals surface area contributed by atoms with E-state index in [0.29, 0.717) is 13.0 Å². The highest BCUT2D eigenvalue weighted by Gasteiger charge is 2.37.